The summed E-state index contributed by atoms with van der Waals surface area (Å²) in [6.07, 6.45) is 6.37. The van der Waals surface area contributed by atoms with Crippen LogP contribution in [0.25, 0.3) is 6.08 Å². The van der Waals surface area contributed by atoms with Gasteiger partial charge in [0.05, 0.1) is 5.92 Å². The molecule has 1 amide bonds. The number of benzene rings is 1. The zero-order valence-corrected chi connectivity index (χ0v) is 12.1. The Hall–Kier alpha value is -2.10. The van der Waals surface area contributed by atoms with E-state index in [1.54, 1.807) is 4.90 Å². The molecular formula is C17H21NO3. The fraction of sp³-hybridized carbons (Fsp3) is 0.412. The van der Waals surface area contributed by atoms with Gasteiger partial charge in [0.15, 0.2) is 0 Å². The lowest BCUT2D eigenvalue weighted by molar-refractivity contribution is -0.145. The van der Waals surface area contributed by atoms with Crippen LogP contribution in [-0.4, -0.2) is 35.0 Å². The van der Waals surface area contributed by atoms with Crippen molar-refractivity contribution in [1.29, 1.82) is 0 Å². The predicted molar refractivity (Wildman–Crippen MR) is 81.6 cm³/mol. The number of carboxylic acid groups (broad SMARTS) is 1. The van der Waals surface area contributed by atoms with E-state index in [2.05, 4.69) is 0 Å². The summed E-state index contributed by atoms with van der Waals surface area (Å²) in [5.74, 6) is -0.906. The molecule has 0 saturated carbocycles. The first-order valence-electron chi connectivity index (χ1n) is 7.39. The van der Waals surface area contributed by atoms with E-state index in [9.17, 15) is 9.59 Å². The van der Waals surface area contributed by atoms with Crippen LogP contribution in [-0.2, 0) is 9.59 Å². The Morgan fingerprint density at radius 3 is 2.48 bits per heavy atom. The average Bonchev–Trinajstić information content (AvgIpc) is 2.52. The normalized spacial score (nSPS) is 16.3. The quantitative estimate of drug-likeness (QED) is 0.906. The Kier molecular flexibility index (Phi) is 5.55. The van der Waals surface area contributed by atoms with Gasteiger partial charge in [0.2, 0.25) is 5.91 Å². The number of likely N-dealkylation sites (tertiary alicyclic amines) is 1. The number of carbonyl (C=O) groups excluding carboxylic acids is 1. The standard InChI is InChI=1S/C17H21NO3/c19-16(18-12-10-15(11-13-18)17(20)21)9-5-4-8-14-6-2-1-3-7-14/h1-4,6-8,15H,5,9-13H2,(H,20,21). The third-order valence-corrected chi connectivity index (χ3v) is 3.83. The van der Waals surface area contributed by atoms with Crippen LogP contribution in [0.15, 0.2) is 36.4 Å². The van der Waals surface area contributed by atoms with E-state index in [0.29, 0.717) is 38.8 Å². The first-order valence-corrected chi connectivity index (χ1v) is 7.39. The number of nitrogens with zero attached hydrogens (tertiary/aromatic N) is 1. The second kappa shape index (κ2) is 7.62. The molecule has 1 heterocycles. The van der Waals surface area contributed by atoms with Crippen molar-refractivity contribution in [2.45, 2.75) is 25.7 Å². The maximum Gasteiger partial charge on any atom is 0.306 e. The molecular weight excluding hydrogens is 266 g/mol. The monoisotopic (exact) mass is 287 g/mol. The van der Waals surface area contributed by atoms with Gasteiger partial charge >= 0.3 is 5.97 Å². The zero-order valence-electron chi connectivity index (χ0n) is 12.1. The van der Waals surface area contributed by atoms with Crippen molar-refractivity contribution in [3.8, 4) is 0 Å². The second-order valence-corrected chi connectivity index (χ2v) is 5.35. The molecule has 21 heavy (non-hydrogen) atoms. The van der Waals surface area contributed by atoms with E-state index in [4.69, 9.17) is 5.11 Å². The topological polar surface area (TPSA) is 57.6 Å². The largest absolute Gasteiger partial charge is 0.481 e. The van der Waals surface area contributed by atoms with Crippen molar-refractivity contribution >= 4 is 18.0 Å². The minimum atomic E-state index is -0.743. The Labute approximate surface area is 125 Å². The van der Waals surface area contributed by atoms with Crippen LogP contribution in [0.4, 0.5) is 0 Å². The number of hydrogen-bond donors (Lipinski definition) is 1. The Morgan fingerprint density at radius 2 is 1.86 bits per heavy atom. The minimum absolute atomic E-state index is 0.122. The van der Waals surface area contributed by atoms with Gasteiger partial charge in [0, 0.05) is 19.5 Å². The average molecular weight is 287 g/mol. The smallest absolute Gasteiger partial charge is 0.306 e. The predicted octanol–water partition coefficient (Wildman–Crippen LogP) is 2.80. The lowest BCUT2D eigenvalue weighted by Gasteiger charge is -2.30. The van der Waals surface area contributed by atoms with Gasteiger partial charge in [-0.3, -0.25) is 9.59 Å². The van der Waals surface area contributed by atoms with Crippen LogP contribution in [0.1, 0.15) is 31.2 Å². The Morgan fingerprint density at radius 1 is 1.19 bits per heavy atom. The molecule has 1 saturated heterocycles. The molecule has 1 aromatic carbocycles. The molecule has 1 aliphatic heterocycles. The first kappa shape index (κ1) is 15.3. The number of allylic oxidation sites excluding steroid dienone is 1. The van der Waals surface area contributed by atoms with Gasteiger partial charge in [-0.25, -0.2) is 0 Å². The molecule has 0 spiro atoms. The Balaban J connectivity index is 1.71. The first-order chi connectivity index (χ1) is 10.2. The summed E-state index contributed by atoms with van der Waals surface area (Å²) in [5, 5.41) is 8.93. The molecule has 0 aromatic heterocycles. The van der Waals surface area contributed by atoms with Gasteiger partial charge in [-0.1, -0.05) is 42.5 Å². The lowest BCUT2D eigenvalue weighted by Crippen LogP contribution is -2.40. The van der Waals surface area contributed by atoms with Crippen molar-refractivity contribution in [3.05, 3.63) is 42.0 Å². The summed E-state index contributed by atoms with van der Waals surface area (Å²) in [7, 11) is 0. The molecule has 0 aliphatic carbocycles. The third kappa shape index (κ3) is 4.74. The molecule has 2 rings (SSSR count). The fourth-order valence-electron chi connectivity index (χ4n) is 2.52. The van der Waals surface area contributed by atoms with E-state index in [1.807, 2.05) is 42.5 Å². The number of piperidine rings is 1. The maximum atomic E-state index is 12.0. The Bertz CT molecular complexity index is 502. The fourth-order valence-corrected chi connectivity index (χ4v) is 2.52. The van der Waals surface area contributed by atoms with Gasteiger partial charge < -0.3 is 10.0 Å². The van der Waals surface area contributed by atoms with Crippen LogP contribution in [0.2, 0.25) is 0 Å². The van der Waals surface area contributed by atoms with Crippen LogP contribution >= 0.6 is 0 Å². The minimum Gasteiger partial charge on any atom is -0.481 e. The van der Waals surface area contributed by atoms with Gasteiger partial charge in [-0.05, 0) is 24.8 Å². The number of carboxylic acids is 1. The third-order valence-electron chi connectivity index (χ3n) is 3.83. The highest BCUT2D eigenvalue weighted by atomic mass is 16.4. The van der Waals surface area contributed by atoms with E-state index in [-0.39, 0.29) is 11.8 Å². The number of rotatable bonds is 5. The van der Waals surface area contributed by atoms with E-state index < -0.39 is 5.97 Å². The van der Waals surface area contributed by atoms with Gasteiger partial charge in [0.25, 0.3) is 0 Å². The summed E-state index contributed by atoms with van der Waals surface area (Å²) in [6.45, 7) is 1.14. The maximum absolute atomic E-state index is 12.0. The van der Waals surface area contributed by atoms with Crippen LogP contribution in [0, 0.1) is 5.92 Å². The number of amides is 1. The van der Waals surface area contributed by atoms with Crippen molar-refractivity contribution in [2.75, 3.05) is 13.1 Å². The van der Waals surface area contributed by atoms with Crippen molar-refractivity contribution in [3.63, 3.8) is 0 Å². The molecule has 4 nitrogen and oxygen atoms in total. The molecule has 1 aromatic rings. The van der Waals surface area contributed by atoms with Gasteiger partial charge in [-0.15, -0.1) is 0 Å². The van der Waals surface area contributed by atoms with E-state index in [1.165, 1.54) is 0 Å². The molecule has 4 heteroatoms. The molecule has 0 atom stereocenters. The molecule has 0 unspecified atom stereocenters. The molecule has 0 bridgehead atoms. The summed E-state index contributed by atoms with van der Waals surface area (Å²) in [5.41, 5.74) is 1.13. The zero-order chi connectivity index (χ0) is 15.1. The van der Waals surface area contributed by atoms with Gasteiger partial charge in [-0.2, -0.15) is 0 Å². The molecule has 1 fully saturated rings. The highest BCUT2D eigenvalue weighted by Crippen LogP contribution is 2.18. The SMILES string of the molecule is O=C(O)C1CCN(C(=O)CCC=Cc2ccccc2)CC1. The van der Waals surface area contributed by atoms with Crippen LogP contribution < -0.4 is 0 Å². The highest BCUT2D eigenvalue weighted by molar-refractivity contribution is 5.77. The van der Waals surface area contributed by atoms with Crippen molar-refractivity contribution < 1.29 is 14.7 Å². The number of carbonyl (C=O) groups is 2. The number of aliphatic carboxylic acids is 1. The summed E-state index contributed by atoms with van der Waals surface area (Å²) in [6, 6.07) is 9.99. The number of hydrogen-bond acceptors (Lipinski definition) is 2. The summed E-state index contributed by atoms with van der Waals surface area (Å²) < 4.78 is 0. The van der Waals surface area contributed by atoms with Crippen molar-refractivity contribution in [2.24, 2.45) is 5.92 Å². The van der Waals surface area contributed by atoms with E-state index in [0.717, 1.165) is 5.56 Å². The second-order valence-electron chi connectivity index (χ2n) is 5.35. The van der Waals surface area contributed by atoms with Crippen LogP contribution in [0.3, 0.4) is 0 Å². The molecule has 1 N–H and O–H groups in total. The molecule has 0 radical (unpaired) electrons. The summed E-state index contributed by atoms with van der Waals surface area (Å²) >= 11 is 0. The molecule has 1 aliphatic rings. The van der Waals surface area contributed by atoms with Crippen molar-refractivity contribution in [1.82, 2.24) is 4.90 Å². The lowest BCUT2D eigenvalue weighted by atomic mass is 9.97. The van der Waals surface area contributed by atoms with E-state index >= 15 is 0 Å². The summed E-state index contributed by atoms with van der Waals surface area (Å²) in [4.78, 5) is 24.7. The molecule has 112 valence electrons. The van der Waals surface area contributed by atoms with Gasteiger partial charge in [0.1, 0.15) is 0 Å². The van der Waals surface area contributed by atoms with Crippen LogP contribution in [0.5, 0.6) is 0 Å². The highest BCUT2D eigenvalue weighted by Gasteiger charge is 2.26.